The molecular formula is C11H14ClN3O. The van der Waals surface area contributed by atoms with Gasteiger partial charge in [0, 0.05) is 13.6 Å². The van der Waals surface area contributed by atoms with Crippen molar-refractivity contribution in [2.45, 2.75) is 18.9 Å². The SMILES string of the molecule is CNC(=O)C1CCCN1c1cccc(Cl)n1. The van der Waals surface area contributed by atoms with Crippen molar-refractivity contribution in [1.29, 1.82) is 0 Å². The van der Waals surface area contributed by atoms with Crippen LogP contribution in [0.4, 0.5) is 5.82 Å². The van der Waals surface area contributed by atoms with Crippen molar-refractivity contribution < 1.29 is 4.79 Å². The smallest absolute Gasteiger partial charge is 0.242 e. The van der Waals surface area contributed by atoms with Gasteiger partial charge in [0.2, 0.25) is 5.91 Å². The van der Waals surface area contributed by atoms with E-state index in [0.717, 1.165) is 25.2 Å². The Morgan fingerprint density at radius 3 is 3.12 bits per heavy atom. The molecule has 1 aliphatic rings. The number of hydrogen-bond donors (Lipinski definition) is 1. The molecule has 16 heavy (non-hydrogen) atoms. The van der Waals surface area contributed by atoms with Crippen LogP contribution in [-0.2, 0) is 4.79 Å². The number of carbonyl (C=O) groups excluding carboxylic acids is 1. The largest absolute Gasteiger partial charge is 0.357 e. The first-order valence-corrected chi connectivity index (χ1v) is 5.71. The Bertz CT molecular complexity index is 397. The van der Waals surface area contributed by atoms with Crippen LogP contribution in [0.3, 0.4) is 0 Å². The molecule has 2 rings (SSSR count). The topological polar surface area (TPSA) is 45.2 Å². The summed E-state index contributed by atoms with van der Waals surface area (Å²) in [6.07, 6.45) is 1.88. The highest BCUT2D eigenvalue weighted by atomic mass is 35.5. The summed E-state index contributed by atoms with van der Waals surface area (Å²) in [7, 11) is 1.66. The number of rotatable bonds is 2. The first kappa shape index (κ1) is 11.2. The Balaban J connectivity index is 2.23. The second kappa shape index (κ2) is 4.70. The lowest BCUT2D eigenvalue weighted by Gasteiger charge is -2.24. The normalized spacial score (nSPS) is 19.9. The number of amides is 1. The van der Waals surface area contributed by atoms with Crippen LogP contribution in [0.2, 0.25) is 5.15 Å². The quantitative estimate of drug-likeness (QED) is 0.795. The van der Waals surface area contributed by atoms with E-state index in [0.29, 0.717) is 5.15 Å². The fourth-order valence-corrected chi connectivity index (χ4v) is 2.20. The number of nitrogens with one attached hydrogen (secondary N) is 1. The first-order valence-electron chi connectivity index (χ1n) is 5.33. The minimum atomic E-state index is -0.115. The number of anilines is 1. The molecule has 0 aliphatic carbocycles. The zero-order valence-corrected chi connectivity index (χ0v) is 9.87. The Labute approximate surface area is 99.6 Å². The average Bonchev–Trinajstić information content (AvgIpc) is 2.77. The lowest BCUT2D eigenvalue weighted by Crippen LogP contribution is -2.42. The van der Waals surface area contributed by atoms with Gasteiger partial charge in [-0.2, -0.15) is 0 Å². The van der Waals surface area contributed by atoms with Gasteiger partial charge in [0.05, 0.1) is 0 Å². The lowest BCUT2D eigenvalue weighted by molar-refractivity contribution is -0.121. The van der Waals surface area contributed by atoms with E-state index in [1.54, 1.807) is 13.1 Å². The molecule has 1 N–H and O–H groups in total. The number of aromatic nitrogens is 1. The highest BCUT2D eigenvalue weighted by Crippen LogP contribution is 2.24. The standard InChI is InChI=1S/C11H14ClN3O/c1-13-11(16)8-4-3-7-15(8)10-6-2-5-9(12)14-10/h2,5-6,8H,3-4,7H2,1H3,(H,13,16). The van der Waals surface area contributed by atoms with Gasteiger partial charge in [-0.1, -0.05) is 17.7 Å². The zero-order chi connectivity index (χ0) is 11.5. The third-order valence-corrected chi connectivity index (χ3v) is 3.01. The fraction of sp³-hybridized carbons (Fsp3) is 0.455. The summed E-state index contributed by atoms with van der Waals surface area (Å²) >= 11 is 5.85. The third kappa shape index (κ3) is 2.11. The molecule has 2 heterocycles. The predicted molar refractivity (Wildman–Crippen MR) is 63.7 cm³/mol. The van der Waals surface area contributed by atoms with Crippen LogP contribution in [0.5, 0.6) is 0 Å². The third-order valence-electron chi connectivity index (χ3n) is 2.80. The maximum absolute atomic E-state index is 11.7. The van der Waals surface area contributed by atoms with Gasteiger partial charge >= 0.3 is 0 Å². The van der Waals surface area contributed by atoms with Crippen LogP contribution in [0.1, 0.15) is 12.8 Å². The van der Waals surface area contributed by atoms with Crippen molar-refractivity contribution in [3.8, 4) is 0 Å². The Morgan fingerprint density at radius 1 is 1.62 bits per heavy atom. The van der Waals surface area contributed by atoms with Crippen molar-refractivity contribution in [3.63, 3.8) is 0 Å². The van der Waals surface area contributed by atoms with E-state index in [4.69, 9.17) is 11.6 Å². The van der Waals surface area contributed by atoms with E-state index in [-0.39, 0.29) is 11.9 Å². The van der Waals surface area contributed by atoms with Crippen molar-refractivity contribution in [2.75, 3.05) is 18.5 Å². The van der Waals surface area contributed by atoms with Gasteiger partial charge in [-0.25, -0.2) is 4.98 Å². The first-order chi connectivity index (χ1) is 7.72. The molecule has 1 aromatic heterocycles. The molecule has 86 valence electrons. The molecule has 1 aromatic rings. The molecule has 0 bridgehead atoms. The Morgan fingerprint density at radius 2 is 2.44 bits per heavy atom. The number of carbonyl (C=O) groups is 1. The van der Waals surface area contributed by atoms with Gasteiger partial charge in [0.15, 0.2) is 0 Å². The predicted octanol–water partition coefficient (Wildman–Crippen LogP) is 1.45. The second-order valence-corrected chi connectivity index (χ2v) is 4.17. The van der Waals surface area contributed by atoms with Gasteiger partial charge in [-0.15, -0.1) is 0 Å². The van der Waals surface area contributed by atoms with Crippen LogP contribution in [0.15, 0.2) is 18.2 Å². The van der Waals surface area contributed by atoms with Crippen molar-refractivity contribution in [1.82, 2.24) is 10.3 Å². The Kier molecular flexibility index (Phi) is 3.29. The summed E-state index contributed by atoms with van der Waals surface area (Å²) in [5, 5.41) is 3.14. The van der Waals surface area contributed by atoms with Crippen molar-refractivity contribution >= 4 is 23.3 Å². The van der Waals surface area contributed by atoms with Crippen LogP contribution >= 0.6 is 11.6 Å². The van der Waals surface area contributed by atoms with Gasteiger partial charge < -0.3 is 10.2 Å². The molecule has 1 amide bonds. The van der Waals surface area contributed by atoms with Gasteiger partial charge in [0.25, 0.3) is 0 Å². The summed E-state index contributed by atoms with van der Waals surface area (Å²) < 4.78 is 0. The van der Waals surface area contributed by atoms with Gasteiger partial charge in [0.1, 0.15) is 17.0 Å². The number of likely N-dealkylation sites (N-methyl/N-ethyl adjacent to an activating group) is 1. The summed E-state index contributed by atoms with van der Waals surface area (Å²) in [6.45, 7) is 0.853. The molecule has 0 radical (unpaired) electrons. The minimum absolute atomic E-state index is 0.0410. The lowest BCUT2D eigenvalue weighted by atomic mass is 10.2. The van der Waals surface area contributed by atoms with E-state index in [2.05, 4.69) is 10.3 Å². The van der Waals surface area contributed by atoms with Crippen LogP contribution in [-0.4, -0.2) is 30.5 Å². The maximum atomic E-state index is 11.7. The molecular weight excluding hydrogens is 226 g/mol. The number of pyridine rings is 1. The fourth-order valence-electron chi connectivity index (χ4n) is 2.04. The molecule has 0 spiro atoms. The average molecular weight is 240 g/mol. The van der Waals surface area contributed by atoms with E-state index < -0.39 is 0 Å². The van der Waals surface area contributed by atoms with Crippen LogP contribution < -0.4 is 10.2 Å². The molecule has 1 aliphatic heterocycles. The van der Waals surface area contributed by atoms with Gasteiger partial charge in [-0.05, 0) is 25.0 Å². The molecule has 1 atom stereocenters. The molecule has 1 unspecified atom stereocenters. The summed E-state index contributed by atoms with van der Waals surface area (Å²) in [6, 6.07) is 5.35. The molecule has 0 aromatic carbocycles. The zero-order valence-electron chi connectivity index (χ0n) is 9.11. The second-order valence-electron chi connectivity index (χ2n) is 3.78. The van der Waals surface area contributed by atoms with E-state index in [1.807, 2.05) is 17.0 Å². The highest BCUT2D eigenvalue weighted by molar-refractivity contribution is 6.29. The molecule has 4 nitrogen and oxygen atoms in total. The summed E-state index contributed by atoms with van der Waals surface area (Å²) in [5.74, 6) is 0.817. The van der Waals surface area contributed by atoms with E-state index in [9.17, 15) is 4.79 Å². The van der Waals surface area contributed by atoms with E-state index in [1.165, 1.54) is 0 Å². The minimum Gasteiger partial charge on any atom is -0.357 e. The van der Waals surface area contributed by atoms with Crippen LogP contribution in [0.25, 0.3) is 0 Å². The van der Waals surface area contributed by atoms with Crippen molar-refractivity contribution in [3.05, 3.63) is 23.4 Å². The number of nitrogens with zero attached hydrogens (tertiary/aromatic N) is 2. The number of hydrogen-bond acceptors (Lipinski definition) is 3. The monoisotopic (exact) mass is 239 g/mol. The maximum Gasteiger partial charge on any atom is 0.242 e. The highest BCUT2D eigenvalue weighted by Gasteiger charge is 2.30. The molecule has 0 saturated carbocycles. The molecule has 5 heteroatoms. The summed E-state index contributed by atoms with van der Waals surface area (Å²) in [5.41, 5.74) is 0. The number of halogens is 1. The van der Waals surface area contributed by atoms with Gasteiger partial charge in [-0.3, -0.25) is 4.79 Å². The van der Waals surface area contributed by atoms with Crippen molar-refractivity contribution in [2.24, 2.45) is 0 Å². The molecule has 1 saturated heterocycles. The Hall–Kier alpha value is -1.29. The summed E-state index contributed by atoms with van der Waals surface area (Å²) in [4.78, 5) is 17.9. The molecule has 1 fully saturated rings. The van der Waals surface area contributed by atoms with Crippen LogP contribution in [0, 0.1) is 0 Å². The van der Waals surface area contributed by atoms with E-state index >= 15 is 0 Å².